The molecule has 0 aromatic carbocycles. The second-order valence-corrected chi connectivity index (χ2v) is 6.63. The van der Waals surface area contributed by atoms with Crippen LogP contribution in [0.25, 0.3) is 11.2 Å². The molecule has 0 fully saturated rings. The van der Waals surface area contributed by atoms with E-state index in [2.05, 4.69) is 25.3 Å². The molecule has 0 unspecified atom stereocenters. The van der Waals surface area contributed by atoms with Crippen molar-refractivity contribution in [2.75, 3.05) is 12.4 Å². The van der Waals surface area contributed by atoms with Crippen LogP contribution in [0.3, 0.4) is 0 Å². The molecular formula is C21H17N7O3. The van der Waals surface area contributed by atoms with Gasteiger partial charge in [0.2, 0.25) is 5.88 Å². The molecule has 1 N–H and O–H groups in total. The lowest BCUT2D eigenvalue weighted by atomic mass is 10.2. The Balaban J connectivity index is 1.69. The van der Waals surface area contributed by atoms with Crippen LogP contribution < -0.4 is 10.1 Å². The Morgan fingerprint density at radius 1 is 1.19 bits per heavy atom. The van der Waals surface area contributed by atoms with Crippen LogP contribution in [-0.4, -0.2) is 37.6 Å². The minimum absolute atomic E-state index is 0.309. The number of esters is 1. The molecule has 10 nitrogen and oxygen atoms in total. The van der Waals surface area contributed by atoms with Gasteiger partial charge in [-0.2, -0.15) is 10.2 Å². The van der Waals surface area contributed by atoms with Gasteiger partial charge in [-0.25, -0.2) is 19.7 Å². The number of aryl methyl sites for hydroxylation is 2. The lowest BCUT2D eigenvalue weighted by molar-refractivity contribution is 0.0600. The maximum atomic E-state index is 11.6. The van der Waals surface area contributed by atoms with E-state index >= 15 is 0 Å². The molecule has 0 saturated heterocycles. The first-order chi connectivity index (χ1) is 15.0. The van der Waals surface area contributed by atoms with E-state index in [9.17, 15) is 4.79 Å². The standard InChI is InChI=1S/C21H17N7O3/c1-12-6-14(8-22)23-10-16(12)31-18-7-15(19-20(27-18)28(2)11-25-19)26-17-5-4-13(9-24-17)21(29)30-3/h4-7,9-11H,1-3H3,(H,24,26,27). The van der Waals surface area contributed by atoms with Gasteiger partial charge in [-0.05, 0) is 30.7 Å². The quantitative estimate of drug-likeness (QED) is 0.488. The summed E-state index contributed by atoms with van der Waals surface area (Å²) in [5, 5.41) is 12.2. The third-order valence-electron chi connectivity index (χ3n) is 4.48. The molecule has 0 spiro atoms. The van der Waals surface area contributed by atoms with E-state index in [1.807, 2.05) is 20.0 Å². The van der Waals surface area contributed by atoms with Crippen molar-refractivity contribution in [3.8, 4) is 17.7 Å². The Bertz CT molecular complexity index is 1320. The van der Waals surface area contributed by atoms with Crippen LogP contribution in [0.4, 0.5) is 11.5 Å². The van der Waals surface area contributed by atoms with Crippen molar-refractivity contribution in [2.45, 2.75) is 6.92 Å². The minimum atomic E-state index is -0.461. The van der Waals surface area contributed by atoms with Crippen LogP contribution in [0.1, 0.15) is 21.6 Å². The second-order valence-electron chi connectivity index (χ2n) is 6.63. The van der Waals surface area contributed by atoms with Gasteiger partial charge in [0.25, 0.3) is 0 Å². The van der Waals surface area contributed by atoms with Crippen LogP contribution in [0, 0.1) is 18.3 Å². The van der Waals surface area contributed by atoms with Gasteiger partial charge in [-0.1, -0.05) is 0 Å². The predicted octanol–water partition coefficient (Wildman–Crippen LogP) is 3.26. The molecule has 4 aromatic rings. The number of pyridine rings is 3. The molecular weight excluding hydrogens is 398 g/mol. The summed E-state index contributed by atoms with van der Waals surface area (Å²) in [6, 6.07) is 8.61. The molecule has 0 aliphatic heterocycles. The number of nitrogens with one attached hydrogen (secondary N) is 1. The minimum Gasteiger partial charge on any atom is -0.465 e. The summed E-state index contributed by atoms with van der Waals surface area (Å²) in [4.78, 5) is 28.8. The first kappa shape index (κ1) is 19.8. The fraction of sp³-hybridized carbons (Fsp3) is 0.143. The molecule has 4 rings (SSSR count). The molecule has 4 heterocycles. The van der Waals surface area contributed by atoms with Gasteiger partial charge in [-0.3, -0.25) is 0 Å². The number of aromatic nitrogens is 5. The van der Waals surface area contributed by atoms with Crippen molar-refractivity contribution in [1.29, 1.82) is 5.26 Å². The molecule has 0 aliphatic carbocycles. The van der Waals surface area contributed by atoms with Crippen molar-refractivity contribution in [3.63, 3.8) is 0 Å². The summed E-state index contributed by atoms with van der Waals surface area (Å²) < 4.78 is 12.4. The third-order valence-corrected chi connectivity index (χ3v) is 4.48. The van der Waals surface area contributed by atoms with Gasteiger partial charge in [0.05, 0.1) is 30.9 Å². The molecule has 0 saturated carbocycles. The zero-order valence-electron chi connectivity index (χ0n) is 16.9. The van der Waals surface area contributed by atoms with Crippen LogP contribution in [0.5, 0.6) is 11.6 Å². The number of carbonyl (C=O) groups excluding carboxylic acids is 1. The highest BCUT2D eigenvalue weighted by atomic mass is 16.5. The van der Waals surface area contributed by atoms with Gasteiger partial charge in [0.15, 0.2) is 11.4 Å². The molecule has 0 radical (unpaired) electrons. The molecule has 0 atom stereocenters. The number of methoxy groups -OCH3 is 1. The molecule has 0 aliphatic rings. The molecule has 31 heavy (non-hydrogen) atoms. The number of nitriles is 1. The summed E-state index contributed by atoms with van der Waals surface area (Å²) in [5.41, 5.74) is 3.27. The maximum Gasteiger partial charge on any atom is 0.339 e. The highest BCUT2D eigenvalue weighted by Gasteiger charge is 2.14. The van der Waals surface area contributed by atoms with Crippen LogP contribution >= 0.6 is 0 Å². The number of imidazole rings is 1. The maximum absolute atomic E-state index is 11.6. The number of rotatable bonds is 5. The van der Waals surface area contributed by atoms with Crippen LogP contribution in [0.15, 0.2) is 43.0 Å². The molecule has 4 aromatic heterocycles. The summed E-state index contributed by atoms with van der Waals surface area (Å²) in [6.45, 7) is 1.83. The first-order valence-corrected chi connectivity index (χ1v) is 9.16. The van der Waals surface area contributed by atoms with E-state index in [1.165, 1.54) is 19.5 Å². The second kappa shape index (κ2) is 8.08. The van der Waals surface area contributed by atoms with Crippen LogP contribution in [-0.2, 0) is 11.8 Å². The van der Waals surface area contributed by atoms with Crippen molar-refractivity contribution in [2.24, 2.45) is 7.05 Å². The number of hydrogen-bond acceptors (Lipinski definition) is 9. The predicted molar refractivity (Wildman–Crippen MR) is 111 cm³/mol. The first-order valence-electron chi connectivity index (χ1n) is 9.16. The third kappa shape index (κ3) is 3.97. The monoisotopic (exact) mass is 415 g/mol. The zero-order chi connectivity index (χ0) is 22.0. The van der Waals surface area contributed by atoms with Gasteiger partial charge in [0.1, 0.15) is 23.1 Å². The van der Waals surface area contributed by atoms with Gasteiger partial charge in [-0.15, -0.1) is 0 Å². The van der Waals surface area contributed by atoms with Crippen molar-refractivity contribution in [3.05, 3.63) is 59.8 Å². The molecule has 0 bridgehead atoms. The zero-order valence-corrected chi connectivity index (χ0v) is 16.9. The lowest BCUT2D eigenvalue weighted by Crippen LogP contribution is -2.03. The number of nitrogens with zero attached hydrogens (tertiary/aromatic N) is 6. The molecule has 0 amide bonds. The Morgan fingerprint density at radius 2 is 2.03 bits per heavy atom. The largest absolute Gasteiger partial charge is 0.465 e. The van der Waals surface area contributed by atoms with E-state index in [-0.39, 0.29) is 0 Å². The lowest BCUT2D eigenvalue weighted by Gasteiger charge is -2.11. The average Bonchev–Trinajstić information content (AvgIpc) is 3.16. The van der Waals surface area contributed by atoms with Crippen LogP contribution in [0.2, 0.25) is 0 Å². The summed E-state index contributed by atoms with van der Waals surface area (Å²) >= 11 is 0. The van der Waals surface area contributed by atoms with E-state index in [1.54, 1.807) is 35.2 Å². The molecule has 154 valence electrons. The van der Waals surface area contributed by atoms with Crippen molar-refractivity contribution >= 4 is 28.6 Å². The van der Waals surface area contributed by atoms with E-state index in [0.717, 1.165) is 5.56 Å². The number of ether oxygens (including phenoxy) is 2. The fourth-order valence-corrected chi connectivity index (χ4v) is 2.89. The number of hydrogen-bond donors (Lipinski definition) is 1. The summed E-state index contributed by atoms with van der Waals surface area (Å²) in [6.07, 6.45) is 4.56. The average molecular weight is 415 g/mol. The van der Waals surface area contributed by atoms with E-state index in [0.29, 0.717) is 45.6 Å². The van der Waals surface area contributed by atoms with Gasteiger partial charge in [0, 0.05) is 19.3 Å². The Hall–Kier alpha value is -4.52. The summed E-state index contributed by atoms with van der Waals surface area (Å²) in [5.74, 6) is 0.851. The number of carbonyl (C=O) groups is 1. The van der Waals surface area contributed by atoms with Crippen molar-refractivity contribution in [1.82, 2.24) is 24.5 Å². The Labute approximate surface area is 177 Å². The SMILES string of the molecule is COC(=O)c1ccc(Nc2cc(Oc3cnc(C#N)cc3C)nc3c2ncn3C)nc1. The van der Waals surface area contributed by atoms with E-state index in [4.69, 9.17) is 14.7 Å². The van der Waals surface area contributed by atoms with E-state index < -0.39 is 5.97 Å². The Morgan fingerprint density at radius 3 is 2.71 bits per heavy atom. The summed E-state index contributed by atoms with van der Waals surface area (Å²) in [7, 11) is 3.14. The number of anilines is 2. The topological polar surface area (TPSA) is 128 Å². The normalized spacial score (nSPS) is 10.5. The van der Waals surface area contributed by atoms with Crippen molar-refractivity contribution < 1.29 is 14.3 Å². The number of fused-ring (bicyclic) bond motifs is 1. The van der Waals surface area contributed by atoms with Gasteiger partial charge < -0.3 is 19.4 Å². The van der Waals surface area contributed by atoms with Gasteiger partial charge >= 0.3 is 5.97 Å². The Kier molecular flexibility index (Phi) is 5.15. The highest BCUT2D eigenvalue weighted by molar-refractivity contribution is 5.90. The fourth-order valence-electron chi connectivity index (χ4n) is 2.89. The highest BCUT2D eigenvalue weighted by Crippen LogP contribution is 2.31. The smallest absolute Gasteiger partial charge is 0.339 e. The molecule has 10 heteroatoms.